The summed E-state index contributed by atoms with van der Waals surface area (Å²) >= 11 is 0. The number of carbonyl (C=O) groups excluding carboxylic acids is 2. The number of imide groups is 1. The van der Waals surface area contributed by atoms with E-state index < -0.39 is 16.9 Å². The standard InChI is InChI=1S/C20H17FN4O4/c21-13-7-5-12(6-8-13)17-16-18(23-10-2-9-22(17)23)20(27)24(19(16)26)14-3-1-4-15(11-14)25(28)29/h1,3-8,11,16-18H,2,9-10H2/t16-,17-,18-/m1/s1. The van der Waals surface area contributed by atoms with Gasteiger partial charge in [0.1, 0.15) is 11.9 Å². The maximum Gasteiger partial charge on any atom is 0.271 e. The van der Waals surface area contributed by atoms with E-state index in [4.69, 9.17) is 0 Å². The lowest BCUT2D eigenvalue weighted by Crippen LogP contribution is -2.44. The number of nitrogens with zero attached hydrogens (tertiary/aromatic N) is 4. The minimum Gasteiger partial charge on any atom is -0.274 e. The molecule has 0 bridgehead atoms. The number of amides is 2. The molecule has 0 aromatic heterocycles. The van der Waals surface area contributed by atoms with Gasteiger partial charge < -0.3 is 0 Å². The lowest BCUT2D eigenvalue weighted by molar-refractivity contribution is -0.384. The molecule has 0 N–H and O–H groups in total. The lowest BCUT2D eigenvalue weighted by atomic mass is 9.90. The Morgan fingerprint density at radius 1 is 0.966 bits per heavy atom. The molecule has 0 aliphatic carbocycles. The van der Waals surface area contributed by atoms with Gasteiger partial charge in [0.25, 0.3) is 11.6 Å². The zero-order valence-corrected chi connectivity index (χ0v) is 15.3. The van der Waals surface area contributed by atoms with E-state index in [2.05, 4.69) is 0 Å². The van der Waals surface area contributed by atoms with E-state index in [0.29, 0.717) is 13.1 Å². The molecule has 29 heavy (non-hydrogen) atoms. The van der Waals surface area contributed by atoms with Crippen LogP contribution in [-0.4, -0.2) is 45.9 Å². The van der Waals surface area contributed by atoms with E-state index in [1.807, 2.05) is 10.0 Å². The fourth-order valence-corrected chi connectivity index (χ4v) is 4.77. The predicted octanol–water partition coefficient (Wildman–Crippen LogP) is 2.27. The minimum atomic E-state index is -0.653. The molecule has 2 amide bonds. The molecule has 3 saturated heterocycles. The van der Waals surface area contributed by atoms with Gasteiger partial charge in [-0.15, -0.1) is 0 Å². The molecule has 8 nitrogen and oxygen atoms in total. The van der Waals surface area contributed by atoms with Gasteiger partial charge in [-0.1, -0.05) is 18.2 Å². The van der Waals surface area contributed by atoms with Gasteiger partial charge in [-0.2, -0.15) is 0 Å². The Balaban J connectivity index is 1.57. The van der Waals surface area contributed by atoms with Crippen LogP contribution in [0.25, 0.3) is 0 Å². The molecular formula is C20H17FN4O4. The quantitative estimate of drug-likeness (QED) is 0.449. The summed E-state index contributed by atoms with van der Waals surface area (Å²) in [5.74, 6) is -1.78. The van der Waals surface area contributed by atoms with Crippen LogP contribution in [0.5, 0.6) is 0 Å². The number of hydrogen-bond donors (Lipinski definition) is 0. The third kappa shape index (κ3) is 2.58. The first-order chi connectivity index (χ1) is 14.0. The summed E-state index contributed by atoms with van der Waals surface area (Å²) in [6.45, 7) is 1.37. The number of hydrazine groups is 1. The number of anilines is 1. The molecule has 3 fully saturated rings. The fraction of sp³-hybridized carbons (Fsp3) is 0.300. The normalized spacial score (nSPS) is 26.8. The van der Waals surface area contributed by atoms with E-state index in [0.717, 1.165) is 16.9 Å². The van der Waals surface area contributed by atoms with E-state index in [1.54, 1.807) is 12.1 Å². The van der Waals surface area contributed by atoms with Crippen molar-refractivity contribution in [3.05, 3.63) is 70.0 Å². The Labute approximate surface area is 165 Å². The fourth-order valence-electron chi connectivity index (χ4n) is 4.77. The highest BCUT2D eigenvalue weighted by Crippen LogP contribution is 2.49. The van der Waals surface area contributed by atoms with E-state index >= 15 is 0 Å². The molecule has 5 rings (SSSR count). The van der Waals surface area contributed by atoms with Crippen molar-refractivity contribution in [3.63, 3.8) is 0 Å². The Kier molecular flexibility index (Phi) is 3.97. The van der Waals surface area contributed by atoms with Gasteiger partial charge in [0.05, 0.1) is 22.6 Å². The molecule has 3 heterocycles. The van der Waals surface area contributed by atoms with E-state index in [-0.39, 0.29) is 35.0 Å². The summed E-state index contributed by atoms with van der Waals surface area (Å²) in [7, 11) is 0. The Morgan fingerprint density at radius 3 is 2.34 bits per heavy atom. The van der Waals surface area contributed by atoms with Crippen molar-refractivity contribution < 1.29 is 18.9 Å². The van der Waals surface area contributed by atoms with Crippen LogP contribution < -0.4 is 4.90 Å². The number of nitro benzene ring substituents is 1. The first-order valence-electron chi connectivity index (χ1n) is 9.38. The first-order valence-corrected chi connectivity index (χ1v) is 9.38. The van der Waals surface area contributed by atoms with Gasteiger partial charge in [0.15, 0.2) is 0 Å². The van der Waals surface area contributed by atoms with E-state index in [1.165, 1.54) is 36.4 Å². The molecule has 2 aromatic rings. The van der Waals surface area contributed by atoms with Crippen LogP contribution in [0.4, 0.5) is 15.8 Å². The maximum atomic E-state index is 13.4. The zero-order valence-electron chi connectivity index (χ0n) is 15.3. The van der Waals surface area contributed by atoms with Crippen molar-refractivity contribution in [1.29, 1.82) is 0 Å². The molecule has 3 aliphatic rings. The Morgan fingerprint density at radius 2 is 1.66 bits per heavy atom. The molecule has 0 radical (unpaired) electrons. The average Bonchev–Trinajstić information content (AvgIpc) is 3.35. The molecule has 0 saturated carbocycles. The van der Waals surface area contributed by atoms with Crippen LogP contribution in [0.2, 0.25) is 0 Å². The number of non-ortho nitro benzene ring substituents is 1. The second-order valence-corrected chi connectivity index (χ2v) is 7.44. The molecule has 148 valence electrons. The third-order valence-corrected chi connectivity index (χ3v) is 5.92. The molecule has 3 atom stereocenters. The summed E-state index contributed by atoms with van der Waals surface area (Å²) in [6, 6.07) is 10.5. The van der Waals surface area contributed by atoms with Gasteiger partial charge in [0.2, 0.25) is 5.91 Å². The number of fused-ring (bicyclic) bond motifs is 3. The smallest absolute Gasteiger partial charge is 0.271 e. The van der Waals surface area contributed by atoms with Crippen molar-refractivity contribution in [3.8, 4) is 0 Å². The highest BCUT2D eigenvalue weighted by molar-refractivity contribution is 6.24. The van der Waals surface area contributed by atoms with Gasteiger partial charge >= 0.3 is 0 Å². The third-order valence-electron chi connectivity index (χ3n) is 5.92. The number of hydrogen-bond acceptors (Lipinski definition) is 6. The number of halogens is 1. The lowest BCUT2D eigenvalue weighted by Gasteiger charge is -2.29. The van der Waals surface area contributed by atoms with Crippen LogP contribution in [0.15, 0.2) is 48.5 Å². The first kappa shape index (κ1) is 17.9. The van der Waals surface area contributed by atoms with Crippen molar-refractivity contribution in [2.24, 2.45) is 5.92 Å². The Bertz CT molecular complexity index is 1030. The second kappa shape index (κ2) is 6.43. The molecule has 3 aliphatic heterocycles. The monoisotopic (exact) mass is 396 g/mol. The summed E-state index contributed by atoms with van der Waals surface area (Å²) in [4.78, 5) is 38.2. The van der Waals surface area contributed by atoms with Gasteiger partial charge in [-0.25, -0.2) is 19.3 Å². The van der Waals surface area contributed by atoms with Crippen LogP contribution in [0.1, 0.15) is 18.0 Å². The summed E-state index contributed by atoms with van der Waals surface area (Å²) in [5, 5.41) is 15.1. The van der Waals surface area contributed by atoms with Crippen LogP contribution in [0, 0.1) is 21.8 Å². The largest absolute Gasteiger partial charge is 0.274 e. The van der Waals surface area contributed by atoms with Crippen LogP contribution in [0.3, 0.4) is 0 Å². The highest BCUT2D eigenvalue weighted by Gasteiger charge is 2.62. The second-order valence-electron chi connectivity index (χ2n) is 7.44. The highest BCUT2D eigenvalue weighted by atomic mass is 19.1. The van der Waals surface area contributed by atoms with Gasteiger partial charge in [0, 0.05) is 25.2 Å². The molecule has 0 unspecified atom stereocenters. The van der Waals surface area contributed by atoms with E-state index in [9.17, 15) is 24.1 Å². The number of carbonyl (C=O) groups is 2. The number of benzene rings is 2. The topological polar surface area (TPSA) is 87.0 Å². The average molecular weight is 396 g/mol. The SMILES string of the molecule is O=C1[C@@H]2[C@@H](c3ccc(F)cc3)N3CCCN3[C@H]2C(=O)N1c1cccc([N+](=O)[O-])c1. The molecule has 9 heteroatoms. The zero-order chi connectivity index (χ0) is 20.3. The van der Waals surface area contributed by atoms with Crippen molar-refractivity contribution in [2.45, 2.75) is 18.5 Å². The molecule has 0 spiro atoms. The van der Waals surface area contributed by atoms with Gasteiger partial charge in [-0.3, -0.25) is 19.7 Å². The number of rotatable bonds is 3. The van der Waals surface area contributed by atoms with Crippen molar-refractivity contribution in [2.75, 3.05) is 18.0 Å². The number of nitro groups is 1. The summed E-state index contributed by atoms with van der Waals surface area (Å²) in [5.41, 5.74) is 0.790. The molecular weight excluding hydrogens is 379 g/mol. The summed E-state index contributed by atoms with van der Waals surface area (Å²) < 4.78 is 13.4. The van der Waals surface area contributed by atoms with Crippen molar-refractivity contribution >= 4 is 23.2 Å². The minimum absolute atomic E-state index is 0.182. The predicted molar refractivity (Wildman–Crippen MR) is 100 cm³/mol. The van der Waals surface area contributed by atoms with Gasteiger partial charge in [-0.05, 0) is 30.2 Å². The maximum absolute atomic E-state index is 13.4. The van der Waals surface area contributed by atoms with Crippen LogP contribution >= 0.6 is 0 Å². The Hall–Kier alpha value is -3.17. The van der Waals surface area contributed by atoms with Crippen molar-refractivity contribution in [1.82, 2.24) is 10.0 Å². The summed E-state index contributed by atoms with van der Waals surface area (Å²) in [6.07, 6.45) is 0.860. The van der Waals surface area contributed by atoms with Crippen LogP contribution in [-0.2, 0) is 9.59 Å². The molecule has 2 aromatic carbocycles.